The van der Waals surface area contributed by atoms with Crippen LogP contribution in [0.3, 0.4) is 0 Å². The maximum Gasteiger partial charge on any atom is 0.243 e. The van der Waals surface area contributed by atoms with E-state index in [2.05, 4.69) is 24.0 Å². The predicted octanol–water partition coefficient (Wildman–Crippen LogP) is 3.31. The summed E-state index contributed by atoms with van der Waals surface area (Å²) in [7, 11) is -3.53. The minimum absolute atomic E-state index is 0.119. The lowest BCUT2D eigenvalue weighted by Crippen LogP contribution is -2.46. The molecule has 0 spiro atoms. The molecule has 2 aliphatic rings. The second kappa shape index (κ2) is 9.31. The molecule has 0 atom stereocenters. The van der Waals surface area contributed by atoms with Crippen LogP contribution in [0.4, 0.5) is 0 Å². The first-order valence-corrected chi connectivity index (χ1v) is 12.9. The van der Waals surface area contributed by atoms with Gasteiger partial charge >= 0.3 is 0 Å². The fraction of sp³-hybridized carbons (Fsp3) is 0.609. The van der Waals surface area contributed by atoms with Crippen molar-refractivity contribution in [1.29, 1.82) is 0 Å². The maximum atomic E-state index is 13.0. The molecule has 2 fully saturated rings. The van der Waals surface area contributed by atoms with Gasteiger partial charge in [0.1, 0.15) is 0 Å². The topological polar surface area (TPSA) is 96.6 Å². The van der Waals surface area contributed by atoms with Gasteiger partial charge in [-0.1, -0.05) is 31.1 Å². The van der Waals surface area contributed by atoms with Crippen molar-refractivity contribution in [2.45, 2.75) is 63.2 Å². The smallest absolute Gasteiger partial charge is 0.243 e. The van der Waals surface area contributed by atoms with Crippen molar-refractivity contribution < 1.29 is 17.7 Å². The normalized spacial score (nSPS) is 19.6. The fourth-order valence-corrected chi connectivity index (χ4v) is 6.07. The van der Waals surface area contributed by atoms with Crippen molar-refractivity contribution in [2.24, 2.45) is 5.92 Å². The van der Waals surface area contributed by atoms with E-state index in [1.807, 2.05) is 17.0 Å². The van der Waals surface area contributed by atoms with E-state index in [1.165, 1.54) is 4.31 Å². The molecule has 0 aliphatic carbocycles. The van der Waals surface area contributed by atoms with Crippen LogP contribution in [-0.4, -0.2) is 59.8 Å². The molecule has 4 rings (SSSR count). The molecular weight excluding hydrogens is 428 g/mol. The quantitative estimate of drug-likeness (QED) is 0.679. The lowest BCUT2D eigenvalue weighted by Gasteiger charge is -2.36. The number of nitrogens with zero attached hydrogens (tertiary/aromatic N) is 4. The van der Waals surface area contributed by atoms with Crippen molar-refractivity contribution >= 4 is 15.9 Å². The molecule has 1 aromatic heterocycles. The highest BCUT2D eigenvalue weighted by Crippen LogP contribution is 2.30. The Hall–Kier alpha value is -2.26. The molecule has 3 heterocycles. The molecular formula is C23H32N4O4S. The Labute approximate surface area is 190 Å². The predicted molar refractivity (Wildman–Crippen MR) is 120 cm³/mol. The number of benzene rings is 1. The van der Waals surface area contributed by atoms with Crippen LogP contribution < -0.4 is 0 Å². The summed E-state index contributed by atoms with van der Waals surface area (Å²) in [6.07, 6.45) is 2.75. The van der Waals surface area contributed by atoms with Crippen LogP contribution in [0.1, 0.15) is 68.6 Å². The SMILES string of the molecule is Cc1noc(C2CCN(C(=O)C3CCN(S(=O)(=O)c4ccc(C(C)C)cc4)CC3)CC2)n1. The molecule has 2 aliphatic heterocycles. The third-order valence-electron chi connectivity index (χ3n) is 6.69. The number of rotatable bonds is 5. The van der Waals surface area contributed by atoms with Gasteiger partial charge in [-0.15, -0.1) is 0 Å². The number of amides is 1. The molecule has 2 saturated heterocycles. The Balaban J connectivity index is 1.31. The van der Waals surface area contributed by atoms with Crippen molar-refractivity contribution in [3.8, 4) is 0 Å². The summed E-state index contributed by atoms with van der Waals surface area (Å²) >= 11 is 0. The number of hydrogen-bond acceptors (Lipinski definition) is 6. The summed E-state index contributed by atoms with van der Waals surface area (Å²) in [5, 5.41) is 3.86. The Morgan fingerprint density at radius 1 is 1.03 bits per heavy atom. The van der Waals surface area contributed by atoms with Crippen molar-refractivity contribution in [3.63, 3.8) is 0 Å². The number of piperidine rings is 2. The molecule has 0 saturated carbocycles. The Bertz CT molecular complexity index is 1030. The first-order chi connectivity index (χ1) is 15.3. The van der Waals surface area contributed by atoms with Gasteiger partial charge in [0.05, 0.1) is 4.90 Å². The Kier molecular flexibility index (Phi) is 6.67. The zero-order valence-electron chi connectivity index (χ0n) is 19.0. The summed E-state index contributed by atoms with van der Waals surface area (Å²) in [5.74, 6) is 1.88. The highest BCUT2D eigenvalue weighted by molar-refractivity contribution is 7.89. The fourth-order valence-electron chi connectivity index (χ4n) is 4.60. The van der Waals surface area contributed by atoms with Crippen LogP contribution in [-0.2, 0) is 14.8 Å². The first kappa shape index (κ1) is 22.9. The van der Waals surface area contributed by atoms with Crippen molar-refractivity contribution in [2.75, 3.05) is 26.2 Å². The Morgan fingerprint density at radius 3 is 2.19 bits per heavy atom. The van der Waals surface area contributed by atoms with Gasteiger partial charge in [0.15, 0.2) is 5.82 Å². The molecule has 2 aromatic rings. The Morgan fingerprint density at radius 2 is 1.66 bits per heavy atom. The van der Waals surface area contributed by atoms with E-state index in [1.54, 1.807) is 19.1 Å². The van der Waals surface area contributed by atoms with Crippen LogP contribution in [0.25, 0.3) is 0 Å². The molecule has 32 heavy (non-hydrogen) atoms. The van der Waals surface area contributed by atoms with Crippen molar-refractivity contribution in [3.05, 3.63) is 41.5 Å². The zero-order chi connectivity index (χ0) is 22.9. The first-order valence-electron chi connectivity index (χ1n) is 11.4. The van der Waals surface area contributed by atoms with E-state index in [4.69, 9.17) is 4.52 Å². The molecule has 0 radical (unpaired) electrons. The second-order valence-electron chi connectivity index (χ2n) is 9.18. The lowest BCUT2D eigenvalue weighted by molar-refractivity contribution is -0.137. The summed E-state index contributed by atoms with van der Waals surface area (Å²) in [6, 6.07) is 7.15. The average molecular weight is 461 g/mol. The van der Waals surface area contributed by atoms with E-state index < -0.39 is 10.0 Å². The summed E-state index contributed by atoms with van der Waals surface area (Å²) < 4.78 is 32.9. The molecule has 9 heteroatoms. The van der Waals surface area contributed by atoms with E-state index in [0.717, 1.165) is 18.4 Å². The highest BCUT2D eigenvalue weighted by Gasteiger charge is 2.35. The molecule has 1 aromatic carbocycles. The third kappa shape index (κ3) is 4.73. The van der Waals surface area contributed by atoms with Gasteiger partial charge in [-0.05, 0) is 56.2 Å². The number of aryl methyl sites for hydroxylation is 1. The van der Waals surface area contributed by atoms with Gasteiger partial charge in [-0.3, -0.25) is 4.79 Å². The number of aromatic nitrogens is 2. The van der Waals surface area contributed by atoms with Gasteiger partial charge in [0.2, 0.25) is 21.8 Å². The minimum atomic E-state index is -3.53. The number of hydrogen-bond donors (Lipinski definition) is 0. The monoisotopic (exact) mass is 460 g/mol. The third-order valence-corrected chi connectivity index (χ3v) is 8.60. The van der Waals surface area contributed by atoms with Crippen LogP contribution in [0.2, 0.25) is 0 Å². The van der Waals surface area contributed by atoms with Gasteiger partial charge < -0.3 is 9.42 Å². The van der Waals surface area contributed by atoms with Crippen LogP contribution in [0, 0.1) is 12.8 Å². The summed E-state index contributed by atoms with van der Waals surface area (Å²) in [5.41, 5.74) is 1.12. The summed E-state index contributed by atoms with van der Waals surface area (Å²) in [4.78, 5) is 19.6. The minimum Gasteiger partial charge on any atom is -0.342 e. The molecule has 0 bridgehead atoms. The summed E-state index contributed by atoms with van der Waals surface area (Å²) in [6.45, 7) is 8.07. The van der Waals surface area contributed by atoms with Crippen LogP contribution >= 0.6 is 0 Å². The largest absolute Gasteiger partial charge is 0.342 e. The molecule has 0 N–H and O–H groups in total. The highest BCUT2D eigenvalue weighted by atomic mass is 32.2. The number of carbonyl (C=O) groups is 1. The molecule has 1 amide bonds. The van der Waals surface area contributed by atoms with E-state index in [0.29, 0.717) is 61.5 Å². The van der Waals surface area contributed by atoms with E-state index in [9.17, 15) is 13.2 Å². The lowest BCUT2D eigenvalue weighted by atomic mass is 9.92. The van der Waals surface area contributed by atoms with Crippen LogP contribution in [0.15, 0.2) is 33.7 Å². The number of carbonyl (C=O) groups excluding carboxylic acids is 1. The molecule has 8 nitrogen and oxygen atoms in total. The van der Waals surface area contributed by atoms with Gasteiger partial charge in [-0.25, -0.2) is 8.42 Å². The maximum absolute atomic E-state index is 13.0. The van der Waals surface area contributed by atoms with Gasteiger partial charge in [0, 0.05) is 38.0 Å². The second-order valence-corrected chi connectivity index (χ2v) is 11.1. The number of likely N-dealkylation sites (tertiary alicyclic amines) is 1. The standard InChI is InChI=1S/C23H32N4O4S/c1-16(2)18-4-6-21(7-5-18)32(29,30)27-14-10-20(11-15-27)23(28)26-12-8-19(9-13-26)22-24-17(3)25-31-22/h4-7,16,19-20H,8-15H2,1-3H3. The average Bonchev–Trinajstić information content (AvgIpc) is 3.25. The number of sulfonamides is 1. The van der Waals surface area contributed by atoms with Crippen LogP contribution in [0.5, 0.6) is 0 Å². The molecule has 0 unspecified atom stereocenters. The zero-order valence-corrected chi connectivity index (χ0v) is 19.8. The van der Waals surface area contributed by atoms with Crippen molar-refractivity contribution in [1.82, 2.24) is 19.3 Å². The molecule has 174 valence electrons. The van der Waals surface area contributed by atoms with E-state index in [-0.39, 0.29) is 17.7 Å². The van der Waals surface area contributed by atoms with E-state index >= 15 is 0 Å². The van der Waals surface area contributed by atoms with Gasteiger partial charge in [-0.2, -0.15) is 9.29 Å². The van der Waals surface area contributed by atoms with Gasteiger partial charge in [0.25, 0.3) is 0 Å².